The molecule has 5 heteroatoms. The smallest absolute Gasteiger partial charge is 0.341 e. The molecule has 0 spiro atoms. The molecule has 132 valence electrons. The van der Waals surface area contributed by atoms with Crippen LogP contribution in [0.4, 0.5) is 5.69 Å². The highest BCUT2D eigenvalue weighted by Crippen LogP contribution is 2.25. The average Bonchev–Trinajstić information content (AvgIpc) is 3.27. The zero-order valence-electron chi connectivity index (χ0n) is 14.5. The fourth-order valence-electron chi connectivity index (χ4n) is 3.41. The number of H-pyrrole nitrogens is 1. The van der Waals surface area contributed by atoms with E-state index >= 15 is 0 Å². The molecular weight excluding hydrogens is 328 g/mol. The Labute approximate surface area is 151 Å². The number of hydrogen-bond acceptors (Lipinski definition) is 3. The molecule has 2 N–H and O–H groups in total. The van der Waals surface area contributed by atoms with Crippen molar-refractivity contribution in [2.45, 2.75) is 32.3 Å². The van der Waals surface area contributed by atoms with Crippen molar-refractivity contribution in [3.8, 4) is 0 Å². The minimum atomic E-state index is -0.885. The third-order valence-corrected chi connectivity index (χ3v) is 4.83. The van der Waals surface area contributed by atoms with Crippen LogP contribution in [0.3, 0.4) is 0 Å². The predicted molar refractivity (Wildman–Crippen MR) is 100 cm³/mol. The van der Waals surface area contributed by atoms with Gasteiger partial charge in [0, 0.05) is 22.8 Å². The molecule has 0 saturated heterocycles. The highest BCUT2D eigenvalue weighted by Gasteiger charge is 2.21. The lowest BCUT2D eigenvalue weighted by Crippen LogP contribution is -2.30. The van der Waals surface area contributed by atoms with E-state index in [1.807, 2.05) is 36.4 Å². The summed E-state index contributed by atoms with van der Waals surface area (Å²) < 4.78 is 5.36. The van der Waals surface area contributed by atoms with Crippen LogP contribution < -0.4 is 5.32 Å². The van der Waals surface area contributed by atoms with Crippen LogP contribution in [0.2, 0.25) is 0 Å². The quantitative estimate of drug-likeness (QED) is 0.704. The van der Waals surface area contributed by atoms with Crippen molar-refractivity contribution in [2.24, 2.45) is 0 Å². The lowest BCUT2D eigenvalue weighted by molar-refractivity contribution is -0.123. The van der Waals surface area contributed by atoms with E-state index in [4.69, 9.17) is 4.74 Å². The molecule has 0 aliphatic heterocycles. The molecule has 0 radical (unpaired) electrons. The molecule has 0 bridgehead atoms. The maximum absolute atomic E-state index is 12.4. The van der Waals surface area contributed by atoms with Crippen molar-refractivity contribution in [1.29, 1.82) is 0 Å². The SMILES string of the molecule is C[C@@H](OC(=O)c1c[nH]c2ccccc12)C(=O)Nc1ccc2c(c1)CCC2. The summed E-state index contributed by atoms with van der Waals surface area (Å²) in [5.74, 6) is -0.852. The molecule has 1 amide bonds. The minimum absolute atomic E-state index is 0.337. The third-order valence-electron chi connectivity index (χ3n) is 4.83. The molecule has 0 saturated carbocycles. The number of rotatable bonds is 4. The molecule has 0 fully saturated rings. The first-order chi connectivity index (χ1) is 12.6. The summed E-state index contributed by atoms with van der Waals surface area (Å²) in [5, 5.41) is 3.62. The molecule has 1 heterocycles. The molecule has 1 aliphatic carbocycles. The van der Waals surface area contributed by atoms with Crippen LogP contribution in [0.5, 0.6) is 0 Å². The molecule has 26 heavy (non-hydrogen) atoms. The number of amides is 1. The summed E-state index contributed by atoms with van der Waals surface area (Å²) in [6.07, 6.45) is 4.03. The number of carbonyl (C=O) groups is 2. The van der Waals surface area contributed by atoms with E-state index in [1.165, 1.54) is 11.1 Å². The topological polar surface area (TPSA) is 71.2 Å². The Hall–Kier alpha value is -3.08. The van der Waals surface area contributed by atoms with Crippen LogP contribution in [0.15, 0.2) is 48.7 Å². The summed E-state index contributed by atoms with van der Waals surface area (Å²) in [5.41, 5.74) is 4.66. The zero-order chi connectivity index (χ0) is 18.1. The van der Waals surface area contributed by atoms with Gasteiger partial charge in [0.25, 0.3) is 5.91 Å². The fourth-order valence-corrected chi connectivity index (χ4v) is 3.41. The first-order valence-electron chi connectivity index (χ1n) is 8.81. The Morgan fingerprint density at radius 1 is 1.12 bits per heavy atom. The summed E-state index contributed by atoms with van der Waals surface area (Å²) in [6, 6.07) is 13.4. The molecular formula is C21H20N2O3. The van der Waals surface area contributed by atoms with Crippen LogP contribution in [0, 0.1) is 0 Å². The maximum atomic E-state index is 12.4. The van der Waals surface area contributed by atoms with E-state index in [0.29, 0.717) is 5.56 Å². The molecule has 5 nitrogen and oxygen atoms in total. The van der Waals surface area contributed by atoms with Gasteiger partial charge in [-0.05, 0) is 55.5 Å². The van der Waals surface area contributed by atoms with Gasteiger partial charge >= 0.3 is 5.97 Å². The molecule has 2 aromatic carbocycles. The van der Waals surface area contributed by atoms with Gasteiger partial charge in [-0.2, -0.15) is 0 Å². The highest BCUT2D eigenvalue weighted by atomic mass is 16.5. The number of carbonyl (C=O) groups excluding carboxylic acids is 2. The summed E-state index contributed by atoms with van der Waals surface area (Å²) in [4.78, 5) is 27.8. The Morgan fingerprint density at radius 2 is 1.92 bits per heavy atom. The molecule has 0 unspecified atom stereocenters. The first kappa shape index (κ1) is 16.4. The monoisotopic (exact) mass is 348 g/mol. The van der Waals surface area contributed by atoms with Crippen LogP contribution in [0.1, 0.15) is 34.8 Å². The number of para-hydroxylation sites is 1. The number of aromatic amines is 1. The van der Waals surface area contributed by atoms with Crippen molar-refractivity contribution >= 4 is 28.5 Å². The summed E-state index contributed by atoms with van der Waals surface area (Å²) >= 11 is 0. The van der Waals surface area contributed by atoms with Gasteiger partial charge in [-0.1, -0.05) is 24.3 Å². The largest absolute Gasteiger partial charge is 0.449 e. The second-order valence-corrected chi connectivity index (χ2v) is 6.62. The van der Waals surface area contributed by atoms with Crippen LogP contribution in [0.25, 0.3) is 10.9 Å². The number of anilines is 1. The fraction of sp³-hybridized carbons (Fsp3) is 0.238. The lowest BCUT2D eigenvalue weighted by Gasteiger charge is -2.14. The second-order valence-electron chi connectivity index (χ2n) is 6.62. The standard InChI is InChI=1S/C21H20N2O3/c1-13(20(24)23-16-10-9-14-5-4-6-15(14)11-16)26-21(25)18-12-22-19-8-3-2-7-17(18)19/h2-3,7-13,22H,4-6H2,1H3,(H,23,24)/t13-/m1/s1. The lowest BCUT2D eigenvalue weighted by atomic mass is 10.1. The summed E-state index contributed by atoms with van der Waals surface area (Å²) in [6.45, 7) is 1.58. The molecule has 1 aromatic heterocycles. The zero-order valence-corrected chi connectivity index (χ0v) is 14.5. The van der Waals surface area contributed by atoms with Crippen LogP contribution in [-0.2, 0) is 22.4 Å². The number of hydrogen-bond donors (Lipinski definition) is 2. The highest BCUT2D eigenvalue weighted by molar-refractivity contribution is 6.05. The van der Waals surface area contributed by atoms with Crippen molar-refractivity contribution in [3.05, 3.63) is 65.4 Å². The number of aryl methyl sites for hydroxylation is 2. The van der Waals surface area contributed by atoms with Crippen molar-refractivity contribution in [2.75, 3.05) is 5.32 Å². The van der Waals surface area contributed by atoms with E-state index in [9.17, 15) is 9.59 Å². The predicted octanol–water partition coefficient (Wildman–Crippen LogP) is 3.84. The Bertz CT molecular complexity index is 990. The number of esters is 1. The van der Waals surface area contributed by atoms with E-state index < -0.39 is 12.1 Å². The second kappa shape index (κ2) is 6.67. The number of fused-ring (bicyclic) bond motifs is 2. The minimum Gasteiger partial charge on any atom is -0.449 e. The Balaban J connectivity index is 1.43. The van der Waals surface area contributed by atoms with E-state index in [-0.39, 0.29) is 5.91 Å². The van der Waals surface area contributed by atoms with Gasteiger partial charge in [-0.15, -0.1) is 0 Å². The van der Waals surface area contributed by atoms with E-state index in [0.717, 1.165) is 35.9 Å². The Kier molecular flexibility index (Phi) is 4.21. The van der Waals surface area contributed by atoms with Gasteiger partial charge in [0.1, 0.15) is 0 Å². The normalized spacial score (nSPS) is 14.0. The van der Waals surface area contributed by atoms with Gasteiger partial charge in [-0.3, -0.25) is 4.79 Å². The van der Waals surface area contributed by atoms with Crippen molar-refractivity contribution < 1.29 is 14.3 Å². The van der Waals surface area contributed by atoms with Gasteiger partial charge in [0.2, 0.25) is 0 Å². The first-order valence-corrected chi connectivity index (χ1v) is 8.81. The third kappa shape index (κ3) is 3.08. The maximum Gasteiger partial charge on any atom is 0.341 e. The van der Waals surface area contributed by atoms with Gasteiger partial charge in [0.05, 0.1) is 5.56 Å². The average molecular weight is 348 g/mol. The number of ether oxygens (including phenoxy) is 1. The number of aromatic nitrogens is 1. The number of nitrogens with one attached hydrogen (secondary N) is 2. The van der Waals surface area contributed by atoms with Gasteiger partial charge < -0.3 is 15.0 Å². The van der Waals surface area contributed by atoms with E-state index in [1.54, 1.807) is 13.1 Å². The van der Waals surface area contributed by atoms with Crippen molar-refractivity contribution in [1.82, 2.24) is 4.98 Å². The van der Waals surface area contributed by atoms with Gasteiger partial charge in [-0.25, -0.2) is 4.79 Å². The number of benzene rings is 2. The Morgan fingerprint density at radius 3 is 2.81 bits per heavy atom. The van der Waals surface area contributed by atoms with Crippen LogP contribution in [-0.4, -0.2) is 23.0 Å². The molecule has 4 rings (SSSR count). The van der Waals surface area contributed by atoms with Gasteiger partial charge in [0.15, 0.2) is 6.10 Å². The molecule has 3 aromatic rings. The molecule has 1 atom stereocenters. The van der Waals surface area contributed by atoms with E-state index in [2.05, 4.69) is 16.4 Å². The summed E-state index contributed by atoms with van der Waals surface area (Å²) in [7, 11) is 0. The molecule has 1 aliphatic rings. The van der Waals surface area contributed by atoms with Crippen molar-refractivity contribution in [3.63, 3.8) is 0 Å². The van der Waals surface area contributed by atoms with Crippen LogP contribution >= 0.6 is 0 Å².